The molecule has 0 aliphatic carbocycles. The molecule has 76 valence electrons. The number of hydrogen-bond donors (Lipinski definition) is 2. The molecule has 1 saturated heterocycles. The van der Waals surface area contributed by atoms with E-state index in [9.17, 15) is 0 Å². The number of anilines is 1. The molecule has 4 heteroatoms. The summed E-state index contributed by atoms with van der Waals surface area (Å²) in [5.74, 6) is 0.848. The molecule has 14 heavy (non-hydrogen) atoms. The Bertz CT molecular complexity index is 280. The van der Waals surface area contributed by atoms with Crippen molar-refractivity contribution in [1.82, 2.24) is 10.4 Å². The predicted molar refractivity (Wildman–Crippen MR) is 55.9 cm³/mol. The van der Waals surface area contributed by atoms with E-state index in [1.807, 2.05) is 29.3 Å². The molecular formula is C10H15N3O. The average Bonchev–Trinajstić information content (AvgIpc) is 2.23. The van der Waals surface area contributed by atoms with E-state index in [1.165, 1.54) is 0 Å². The third kappa shape index (κ3) is 2.37. The first-order valence-corrected chi connectivity index (χ1v) is 4.84. The fourth-order valence-corrected chi connectivity index (χ4v) is 1.41. The number of hydroxylamine groups is 2. The Morgan fingerprint density at radius 2 is 1.79 bits per heavy atom. The van der Waals surface area contributed by atoms with Crippen LogP contribution in [0.25, 0.3) is 0 Å². The van der Waals surface area contributed by atoms with Gasteiger partial charge >= 0.3 is 0 Å². The Morgan fingerprint density at radius 1 is 1.14 bits per heavy atom. The minimum absolute atomic E-state index is 0.762. The van der Waals surface area contributed by atoms with Gasteiger partial charge in [-0.05, 0) is 24.3 Å². The molecule has 1 aliphatic heterocycles. The molecule has 0 unspecified atom stereocenters. The Kier molecular flexibility index (Phi) is 2.86. The summed E-state index contributed by atoms with van der Waals surface area (Å²) in [6.45, 7) is 3.80. The SMILES string of the molecule is Nc1ccc(ON2CCNCC2)cc1. The fourth-order valence-electron chi connectivity index (χ4n) is 1.41. The van der Waals surface area contributed by atoms with E-state index >= 15 is 0 Å². The van der Waals surface area contributed by atoms with Crippen molar-refractivity contribution in [2.75, 3.05) is 31.9 Å². The largest absolute Gasteiger partial charge is 0.406 e. The summed E-state index contributed by atoms with van der Waals surface area (Å²) in [5, 5.41) is 5.23. The smallest absolute Gasteiger partial charge is 0.147 e. The van der Waals surface area contributed by atoms with Gasteiger partial charge in [0.25, 0.3) is 0 Å². The van der Waals surface area contributed by atoms with Crippen molar-refractivity contribution in [2.24, 2.45) is 0 Å². The molecule has 0 radical (unpaired) electrons. The van der Waals surface area contributed by atoms with Crippen LogP contribution in [0.1, 0.15) is 0 Å². The second-order valence-electron chi connectivity index (χ2n) is 3.34. The van der Waals surface area contributed by atoms with Crippen LogP contribution >= 0.6 is 0 Å². The predicted octanol–water partition coefficient (Wildman–Crippen LogP) is 0.468. The summed E-state index contributed by atoms with van der Waals surface area (Å²) in [4.78, 5) is 5.65. The van der Waals surface area contributed by atoms with Crippen LogP contribution < -0.4 is 15.9 Å². The number of hydrogen-bond acceptors (Lipinski definition) is 4. The van der Waals surface area contributed by atoms with Crippen LogP contribution in [0.15, 0.2) is 24.3 Å². The fraction of sp³-hybridized carbons (Fsp3) is 0.400. The first kappa shape index (κ1) is 9.30. The van der Waals surface area contributed by atoms with E-state index in [-0.39, 0.29) is 0 Å². The van der Waals surface area contributed by atoms with Crippen LogP contribution in [0.5, 0.6) is 5.75 Å². The van der Waals surface area contributed by atoms with Gasteiger partial charge in [-0.25, -0.2) is 0 Å². The number of piperazine rings is 1. The lowest BCUT2D eigenvalue weighted by Gasteiger charge is -2.26. The second-order valence-corrected chi connectivity index (χ2v) is 3.34. The van der Waals surface area contributed by atoms with E-state index in [1.54, 1.807) is 0 Å². The lowest BCUT2D eigenvalue weighted by Crippen LogP contribution is -2.45. The molecule has 3 N–H and O–H groups in total. The Balaban J connectivity index is 1.92. The minimum atomic E-state index is 0.762. The number of nitrogen functional groups attached to an aromatic ring is 1. The topological polar surface area (TPSA) is 50.5 Å². The lowest BCUT2D eigenvalue weighted by molar-refractivity contribution is -0.0664. The van der Waals surface area contributed by atoms with E-state index < -0.39 is 0 Å². The summed E-state index contributed by atoms with van der Waals surface area (Å²) in [6.07, 6.45) is 0. The molecule has 0 aromatic heterocycles. The van der Waals surface area contributed by atoms with Gasteiger partial charge in [0.15, 0.2) is 0 Å². The van der Waals surface area contributed by atoms with Gasteiger partial charge in [0.05, 0.1) is 0 Å². The first-order valence-electron chi connectivity index (χ1n) is 4.84. The number of rotatable bonds is 2. The Labute approximate surface area is 83.6 Å². The normalized spacial score (nSPS) is 18.0. The molecule has 2 rings (SSSR count). The van der Waals surface area contributed by atoms with E-state index in [0.717, 1.165) is 37.6 Å². The molecule has 0 bridgehead atoms. The zero-order valence-corrected chi connectivity index (χ0v) is 8.07. The summed E-state index contributed by atoms with van der Waals surface area (Å²) in [6, 6.07) is 7.46. The van der Waals surface area contributed by atoms with Gasteiger partial charge in [-0.1, -0.05) is 0 Å². The highest BCUT2D eigenvalue weighted by molar-refractivity contribution is 5.41. The van der Waals surface area contributed by atoms with Crippen molar-refractivity contribution in [3.8, 4) is 5.75 Å². The molecule has 0 atom stereocenters. The van der Waals surface area contributed by atoms with E-state index in [4.69, 9.17) is 10.6 Å². The molecule has 1 heterocycles. The molecule has 1 aromatic rings. The van der Waals surface area contributed by atoms with Crippen LogP contribution in [0.4, 0.5) is 5.69 Å². The quantitative estimate of drug-likeness (QED) is 0.670. The number of nitrogens with two attached hydrogens (primary N) is 1. The summed E-state index contributed by atoms with van der Waals surface area (Å²) in [7, 11) is 0. The van der Waals surface area contributed by atoms with Crippen molar-refractivity contribution in [3.05, 3.63) is 24.3 Å². The maximum atomic E-state index is 5.65. The Morgan fingerprint density at radius 3 is 2.43 bits per heavy atom. The first-order chi connectivity index (χ1) is 6.84. The van der Waals surface area contributed by atoms with Crippen molar-refractivity contribution in [1.29, 1.82) is 0 Å². The highest BCUT2D eigenvalue weighted by Crippen LogP contribution is 2.14. The monoisotopic (exact) mass is 193 g/mol. The minimum Gasteiger partial charge on any atom is -0.406 e. The van der Waals surface area contributed by atoms with Crippen LogP contribution in [0.2, 0.25) is 0 Å². The van der Waals surface area contributed by atoms with Crippen molar-refractivity contribution in [3.63, 3.8) is 0 Å². The molecule has 0 saturated carbocycles. The summed E-state index contributed by atoms with van der Waals surface area (Å²) in [5.41, 5.74) is 6.34. The molecular weight excluding hydrogens is 178 g/mol. The zero-order chi connectivity index (χ0) is 9.80. The molecule has 1 aliphatic rings. The highest BCUT2D eigenvalue weighted by atomic mass is 16.7. The number of nitrogens with zero attached hydrogens (tertiary/aromatic N) is 1. The van der Waals surface area contributed by atoms with Crippen molar-refractivity contribution in [2.45, 2.75) is 0 Å². The van der Waals surface area contributed by atoms with Crippen LogP contribution in [-0.2, 0) is 0 Å². The number of benzene rings is 1. The third-order valence-electron chi connectivity index (χ3n) is 2.19. The summed E-state index contributed by atoms with van der Waals surface area (Å²) < 4.78 is 0. The lowest BCUT2D eigenvalue weighted by atomic mass is 10.3. The van der Waals surface area contributed by atoms with E-state index in [2.05, 4.69) is 5.32 Å². The van der Waals surface area contributed by atoms with Crippen molar-refractivity contribution < 1.29 is 4.84 Å². The molecule has 1 fully saturated rings. The highest BCUT2D eigenvalue weighted by Gasteiger charge is 2.10. The Hall–Kier alpha value is -1.26. The van der Waals surface area contributed by atoms with E-state index in [0.29, 0.717) is 0 Å². The molecule has 0 spiro atoms. The summed E-state index contributed by atoms with van der Waals surface area (Å²) >= 11 is 0. The van der Waals surface area contributed by atoms with Gasteiger partial charge in [0, 0.05) is 31.9 Å². The van der Waals surface area contributed by atoms with Crippen LogP contribution in [0, 0.1) is 0 Å². The number of nitrogens with one attached hydrogen (secondary N) is 1. The zero-order valence-electron chi connectivity index (χ0n) is 8.07. The van der Waals surface area contributed by atoms with Gasteiger partial charge in [-0.15, -0.1) is 5.06 Å². The standard InChI is InChI=1S/C10H15N3O/c11-9-1-3-10(4-2-9)14-13-7-5-12-6-8-13/h1-4,12H,5-8,11H2. The molecule has 0 amide bonds. The van der Waals surface area contributed by atoms with Crippen LogP contribution in [0.3, 0.4) is 0 Å². The average molecular weight is 193 g/mol. The second kappa shape index (κ2) is 4.30. The molecule has 4 nitrogen and oxygen atoms in total. The van der Waals surface area contributed by atoms with Crippen molar-refractivity contribution >= 4 is 5.69 Å². The van der Waals surface area contributed by atoms with Crippen LogP contribution in [-0.4, -0.2) is 31.2 Å². The molecule has 1 aromatic carbocycles. The van der Waals surface area contributed by atoms with Gasteiger partial charge in [0.2, 0.25) is 0 Å². The van der Waals surface area contributed by atoms with Gasteiger partial charge in [-0.2, -0.15) is 0 Å². The van der Waals surface area contributed by atoms with Gasteiger partial charge in [0.1, 0.15) is 5.75 Å². The third-order valence-corrected chi connectivity index (χ3v) is 2.19. The maximum Gasteiger partial charge on any atom is 0.147 e. The van der Waals surface area contributed by atoms with Gasteiger partial charge in [-0.3, -0.25) is 0 Å². The maximum absolute atomic E-state index is 5.65. The van der Waals surface area contributed by atoms with Gasteiger partial charge < -0.3 is 15.9 Å².